The number of benzene rings is 1. The van der Waals surface area contributed by atoms with E-state index in [1.165, 1.54) is 5.30 Å². The van der Waals surface area contributed by atoms with E-state index in [-0.39, 0.29) is 5.60 Å². The van der Waals surface area contributed by atoms with Gasteiger partial charge in [-0.25, -0.2) is 4.52 Å². The van der Waals surface area contributed by atoms with E-state index in [2.05, 4.69) is 58.4 Å². The molecule has 2 heteroatoms. The molecule has 0 aliphatic carbocycles. The molecule has 0 unspecified atom stereocenters. The summed E-state index contributed by atoms with van der Waals surface area (Å²) in [5.41, 5.74) is -0.0624. The Bertz CT molecular complexity index is 285. The summed E-state index contributed by atoms with van der Waals surface area (Å²) in [6.45, 7) is 10.8. The van der Waals surface area contributed by atoms with Crippen LogP contribution in [-0.2, 0) is 4.52 Å². The Kier molecular flexibility index (Phi) is 3.34. The summed E-state index contributed by atoms with van der Waals surface area (Å²) in [5.74, 6) is 0. The highest BCUT2D eigenvalue weighted by Gasteiger charge is 2.35. The van der Waals surface area contributed by atoms with E-state index in [9.17, 15) is 0 Å². The monoisotopic (exact) mass is 211 g/mol. The first-order valence-electron chi connectivity index (χ1n) is 4.92. The fourth-order valence-electron chi connectivity index (χ4n) is 1.52. The zero-order valence-corrected chi connectivity index (χ0v) is 10.6. The minimum Gasteiger partial charge on any atom is -0.228 e. The van der Waals surface area contributed by atoms with Crippen LogP contribution in [0.25, 0.3) is 0 Å². The van der Waals surface area contributed by atoms with Crippen LogP contribution in [0.1, 0.15) is 20.8 Å². The van der Waals surface area contributed by atoms with Crippen LogP contribution in [0, 0.1) is 0 Å². The zero-order chi connectivity index (χ0) is 10.8. The van der Waals surface area contributed by atoms with Crippen LogP contribution < -0.4 is 5.30 Å². The van der Waals surface area contributed by atoms with Gasteiger partial charge in [0.15, 0.2) is 7.49 Å². The molecule has 14 heavy (non-hydrogen) atoms. The Morgan fingerprint density at radius 2 is 1.50 bits per heavy atom. The smallest absolute Gasteiger partial charge is 0.172 e. The third kappa shape index (κ3) is 3.40. The second-order valence-corrected chi connectivity index (χ2v) is 8.29. The van der Waals surface area contributed by atoms with Crippen LogP contribution >= 0.6 is 7.49 Å². The Morgan fingerprint density at radius 1 is 1.00 bits per heavy atom. The van der Waals surface area contributed by atoms with Gasteiger partial charge in [-0.1, -0.05) is 18.2 Å². The zero-order valence-electron chi connectivity index (χ0n) is 9.74. The van der Waals surface area contributed by atoms with Crippen LogP contribution in [0.15, 0.2) is 30.3 Å². The largest absolute Gasteiger partial charge is 0.228 e. The molecule has 78 valence electrons. The van der Waals surface area contributed by atoms with Gasteiger partial charge in [0.2, 0.25) is 0 Å². The van der Waals surface area contributed by atoms with Gasteiger partial charge in [0.1, 0.15) is 10.9 Å². The molecule has 1 aromatic carbocycles. The maximum absolute atomic E-state index is 6.12. The first kappa shape index (κ1) is 11.7. The summed E-state index contributed by atoms with van der Waals surface area (Å²) in [7, 11) is -1.42. The summed E-state index contributed by atoms with van der Waals surface area (Å²) in [6.07, 6.45) is 0. The fraction of sp³-hybridized carbons (Fsp3) is 0.500. The molecule has 0 heterocycles. The number of hydrogen-bond acceptors (Lipinski definition) is 1. The number of hydrogen-bond donors (Lipinski definition) is 0. The molecule has 0 spiro atoms. The second kappa shape index (κ2) is 4.00. The molecule has 1 nitrogen and oxygen atoms in total. The van der Waals surface area contributed by atoms with Gasteiger partial charge < -0.3 is 0 Å². The minimum absolute atomic E-state index is 0.0624. The Balaban J connectivity index is 2.86. The van der Waals surface area contributed by atoms with Gasteiger partial charge in [0.05, 0.1) is 13.3 Å². The lowest BCUT2D eigenvalue weighted by Gasteiger charge is -2.25. The molecule has 0 aliphatic heterocycles. The molecule has 0 fully saturated rings. The van der Waals surface area contributed by atoms with E-state index < -0.39 is 7.49 Å². The highest BCUT2D eigenvalue weighted by atomic mass is 31.2. The third-order valence-electron chi connectivity index (χ3n) is 1.88. The molecule has 0 aromatic heterocycles. The Morgan fingerprint density at radius 3 is 1.93 bits per heavy atom. The lowest BCUT2D eigenvalue weighted by molar-refractivity contribution is 0.149. The summed E-state index contributed by atoms with van der Waals surface area (Å²) in [5, 5.41) is 1.33. The molecule has 0 atom stereocenters. The van der Waals surface area contributed by atoms with Crippen molar-refractivity contribution in [2.75, 3.05) is 13.3 Å². The molecule has 1 rings (SSSR count). The predicted octanol–water partition coefficient (Wildman–Crippen LogP) is 3.32. The number of rotatable bonds is 2. The maximum atomic E-state index is 6.12. The van der Waals surface area contributed by atoms with Gasteiger partial charge in [-0.15, -0.1) is 0 Å². The van der Waals surface area contributed by atoms with E-state index >= 15 is 0 Å². The molecular formula is C12H20OP+. The highest BCUT2D eigenvalue weighted by Crippen LogP contribution is 2.53. The van der Waals surface area contributed by atoms with Crippen LogP contribution in [0.3, 0.4) is 0 Å². The predicted molar refractivity (Wildman–Crippen MR) is 65.7 cm³/mol. The quantitative estimate of drug-likeness (QED) is 0.682. The first-order chi connectivity index (χ1) is 6.31. The second-order valence-electron chi connectivity index (χ2n) is 4.89. The van der Waals surface area contributed by atoms with Gasteiger partial charge in [0.25, 0.3) is 0 Å². The molecule has 1 aromatic rings. The lowest BCUT2D eigenvalue weighted by Crippen LogP contribution is -2.23. The van der Waals surface area contributed by atoms with Crippen LogP contribution in [0.4, 0.5) is 0 Å². The maximum Gasteiger partial charge on any atom is 0.172 e. The van der Waals surface area contributed by atoms with Crippen molar-refractivity contribution in [1.29, 1.82) is 0 Å². The van der Waals surface area contributed by atoms with Crippen LogP contribution in [0.5, 0.6) is 0 Å². The molecule has 0 radical (unpaired) electrons. The molecule has 0 saturated heterocycles. The Hall–Kier alpha value is -0.390. The average Bonchev–Trinajstić information content (AvgIpc) is 2.01. The highest BCUT2D eigenvalue weighted by molar-refractivity contribution is 7.77. The SMILES string of the molecule is CC(C)(C)O[P+](C)(C)c1ccccc1. The summed E-state index contributed by atoms with van der Waals surface area (Å²) in [6, 6.07) is 10.5. The van der Waals surface area contributed by atoms with Crippen LogP contribution in [0.2, 0.25) is 0 Å². The molecule has 0 saturated carbocycles. The lowest BCUT2D eigenvalue weighted by atomic mass is 10.2. The van der Waals surface area contributed by atoms with Gasteiger partial charge in [-0.3, -0.25) is 0 Å². The van der Waals surface area contributed by atoms with E-state index in [0.717, 1.165) is 0 Å². The summed E-state index contributed by atoms with van der Waals surface area (Å²) in [4.78, 5) is 0. The van der Waals surface area contributed by atoms with Gasteiger partial charge in [-0.2, -0.15) is 0 Å². The molecule has 0 aliphatic rings. The molecule has 0 N–H and O–H groups in total. The van der Waals surface area contributed by atoms with Crippen molar-refractivity contribution in [1.82, 2.24) is 0 Å². The van der Waals surface area contributed by atoms with Crippen LogP contribution in [-0.4, -0.2) is 18.9 Å². The van der Waals surface area contributed by atoms with Crippen molar-refractivity contribution in [3.8, 4) is 0 Å². The van der Waals surface area contributed by atoms with Crippen molar-refractivity contribution in [3.05, 3.63) is 30.3 Å². The topological polar surface area (TPSA) is 9.23 Å². The van der Waals surface area contributed by atoms with Crippen molar-refractivity contribution in [2.45, 2.75) is 26.4 Å². The summed E-state index contributed by atoms with van der Waals surface area (Å²) >= 11 is 0. The van der Waals surface area contributed by atoms with Gasteiger partial charge in [0, 0.05) is 0 Å². The van der Waals surface area contributed by atoms with Crippen molar-refractivity contribution in [3.63, 3.8) is 0 Å². The van der Waals surface area contributed by atoms with Crippen molar-refractivity contribution >= 4 is 12.8 Å². The van der Waals surface area contributed by atoms with E-state index in [0.29, 0.717) is 0 Å². The summed E-state index contributed by atoms with van der Waals surface area (Å²) < 4.78 is 6.12. The van der Waals surface area contributed by atoms with Gasteiger partial charge in [-0.05, 0) is 32.9 Å². The van der Waals surface area contributed by atoms with E-state index in [1.54, 1.807) is 0 Å². The first-order valence-corrected chi connectivity index (χ1v) is 7.52. The minimum atomic E-state index is -1.42. The molecular weight excluding hydrogens is 191 g/mol. The van der Waals surface area contributed by atoms with Crippen molar-refractivity contribution < 1.29 is 4.52 Å². The van der Waals surface area contributed by atoms with Gasteiger partial charge >= 0.3 is 0 Å². The fourth-order valence-corrected chi connectivity index (χ4v) is 3.89. The average molecular weight is 211 g/mol. The molecule has 0 amide bonds. The third-order valence-corrected chi connectivity index (χ3v) is 4.43. The van der Waals surface area contributed by atoms with Crippen molar-refractivity contribution in [2.24, 2.45) is 0 Å². The Labute approximate surface area is 87.9 Å². The standard InChI is InChI=1S/C12H20OP/c1-12(2,3)13-14(4,5)11-9-7-6-8-10-11/h6-10H,1-5H3/q+1. The van der Waals surface area contributed by atoms with E-state index in [4.69, 9.17) is 4.52 Å². The molecule has 0 bridgehead atoms. The normalized spacial score (nSPS) is 12.9. The van der Waals surface area contributed by atoms with E-state index in [1.807, 2.05) is 6.07 Å².